The van der Waals surface area contributed by atoms with Crippen LogP contribution in [0.3, 0.4) is 0 Å². The minimum Gasteiger partial charge on any atom is -0.309 e. The second kappa shape index (κ2) is 13.0. The molecule has 5 nitrogen and oxygen atoms in total. The van der Waals surface area contributed by atoms with Crippen LogP contribution in [0, 0.1) is 0 Å². The van der Waals surface area contributed by atoms with Crippen molar-refractivity contribution in [3.8, 4) is 56.7 Å². The lowest BCUT2D eigenvalue weighted by Gasteiger charge is -2.12. The highest BCUT2D eigenvalue weighted by molar-refractivity contribution is 6.26. The summed E-state index contributed by atoms with van der Waals surface area (Å²) in [6, 6.07) is 70.3. The fraction of sp³-hybridized carbons (Fsp3) is 0. The van der Waals surface area contributed by atoms with Crippen LogP contribution < -0.4 is 0 Å². The van der Waals surface area contributed by atoms with Crippen LogP contribution in [0.5, 0.6) is 0 Å². The van der Waals surface area contributed by atoms with Crippen LogP contribution in [-0.2, 0) is 0 Å². The third-order valence-electron chi connectivity index (χ3n) is 10.8. The first-order chi connectivity index (χ1) is 27.8. The molecule has 0 N–H and O–H groups in total. The average Bonchev–Trinajstić information content (AvgIpc) is 3.80. The molecule has 0 saturated carbocycles. The topological polar surface area (TPSA) is 48.5 Å². The number of para-hydroxylation sites is 2. The predicted molar refractivity (Wildman–Crippen MR) is 230 cm³/mol. The Bertz CT molecular complexity index is 3200. The Balaban J connectivity index is 1.16. The first-order valence-corrected chi connectivity index (χ1v) is 18.9. The molecule has 11 aromatic rings. The van der Waals surface area contributed by atoms with Crippen molar-refractivity contribution in [3.63, 3.8) is 0 Å². The molecule has 0 radical (unpaired) electrons. The number of nitrogens with zero attached hydrogens (tertiary/aromatic N) is 5. The molecule has 3 heterocycles. The van der Waals surface area contributed by atoms with E-state index >= 15 is 0 Å². The van der Waals surface area contributed by atoms with Crippen LogP contribution in [0.4, 0.5) is 0 Å². The van der Waals surface area contributed by atoms with Crippen molar-refractivity contribution in [1.29, 1.82) is 0 Å². The molecule has 5 heteroatoms. The van der Waals surface area contributed by atoms with Gasteiger partial charge in [0.25, 0.3) is 0 Å². The molecule has 56 heavy (non-hydrogen) atoms. The van der Waals surface area contributed by atoms with Gasteiger partial charge in [0.15, 0.2) is 11.6 Å². The van der Waals surface area contributed by atoms with Gasteiger partial charge in [0.2, 0.25) is 5.95 Å². The minimum absolute atomic E-state index is 0.571. The van der Waals surface area contributed by atoms with Crippen molar-refractivity contribution in [2.24, 2.45) is 0 Å². The summed E-state index contributed by atoms with van der Waals surface area (Å²) < 4.78 is 4.63. The van der Waals surface area contributed by atoms with Gasteiger partial charge in [-0.2, -0.15) is 9.97 Å². The molecular formula is C51H33N5. The summed E-state index contributed by atoms with van der Waals surface area (Å²) in [6.45, 7) is 0. The number of hydrogen-bond donors (Lipinski definition) is 0. The lowest BCUT2D eigenvalue weighted by molar-refractivity contribution is 0.953. The van der Waals surface area contributed by atoms with Crippen molar-refractivity contribution in [2.45, 2.75) is 0 Å². The standard InChI is InChI=1S/C51H33N5/c1-4-14-34(15-5-1)36-24-26-39(27-25-36)50-52-49(38-18-8-3-9-19-38)53-51(54-50)56-45-23-13-11-21-43(45)47-46(56)33-32-42-41-20-10-12-22-44(41)55(48(42)47)40-30-28-37(29-31-40)35-16-6-2-7-17-35/h1-33H. The maximum atomic E-state index is 5.25. The van der Waals surface area contributed by atoms with Crippen molar-refractivity contribution < 1.29 is 0 Å². The Morgan fingerprint density at radius 2 is 0.732 bits per heavy atom. The van der Waals surface area contributed by atoms with E-state index in [4.69, 9.17) is 15.0 Å². The minimum atomic E-state index is 0.571. The number of rotatable bonds is 6. The van der Waals surface area contributed by atoms with Gasteiger partial charge in [0, 0.05) is 38.4 Å². The molecule has 0 aliphatic carbocycles. The summed E-state index contributed by atoms with van der Waals surface area (Å²) in [4.78, 5) is 15.5. The van der Waals surface area contributed by atoms with Crippen LogP contribution in [0.15, 0.2) is 200 Å². The van der Waals surface area contributed by atoms with Gasteiger partial charge in [-0.3, -0.25) is 4.57 Å². The van der Waals surface area contributed by atoms with E-state index in [2.05, 4.69) is 185 Å². The Kier molecular flexibility index (Phi) is 7.42. The SMILES string of the molecule is c1ccc(-c2ccc(-c3nc(-c4ccccc4)nc(-n4c5ccccc5c5c4ccc4c6ccccc6n(-c6ccc(-c7ccccc7)cc6)c45)n3)cc2)cc1. The summed E-state index contributed by atoms with van der Waals surface area (Å²) in [7, 11) is 0. The lowest BCUT2D eigenvalue weighted by atomic mass is 10.0. The van der Waals surface area contributed by atoms with Crippen LogP contribution in [-0.4, -0.2) is 24.1 Å². The molecule has 0 saturated heterocycles. The zero-order chi connectivity index (χ0) is 37.0. The lowest BCUT2D eigenvalue weighted by Crippen LogP contribution is -2.06. The van der Waals surface area contributed by atoms with E-state index in [9.17, 15) is 0 Å². The predicted octanol–water partition coefficient (Wildman–Crippen LogP) is 12.7. The number of hydrogen-bond acceptors (Lipinski definition) is 3. The van der Waals surface area contributed by atoms with E-state index in [1.54, 1.807) is 0 Å². The molecule has 0 atom stereocenters. The first-order valence-electron chi connectivity index (χ1n) is 18.9. The molecule has 8 aromatic carbocycles. The summed E-state index contributed by atoms with van der Waals surface area (Å²) in [5.41, 5.74) is 12.0. The second-order valence-corrected chi connectivity index (χ2v) is 14.1. The molecule has 0 spiro atoms. The molecule has 0 unspecified atom stereocenters. The van der Waals surface area contributed by atoms with Gasteiger partial charge < -0.3 is 4.57 Å². The molecule has 262 valence electrons. The third kappa shape index (κ3) is 5.21. The monoisotopic (exact) mass is 715 g/mol. The summed E-state index contributed by atoms with van der Waals surface area (Å²) in [5.74, 6) is 1.81. The highest BCUT2D eigenvalue weighted by Gasteiger charge is 2.23. The Morgan fingerprint density at radius 1 is 0.286 bits per heavy atom. The van der Waals surface area contributed by atoms with Gasteiger partial charge >= 0.3 is 0 Å². The molecule has 0 aliphatic heterocycles. The third-order valence-corrected chi connectivity index (χ3v) is 10.8. The van der Waals surface area contributed by atoms with E-state index in [1.165, 1.54) is 27.5 Å². The smallest absolute Gasteiger partial charge is 0.238 e. The Hall–Kier alpha value is -7.63. The molecule has 0 aliphatic rings. The molecule has 0 amide bonds. The van der Waals surface area contributed by atoms with Gasteiger partial charge in [-0.1, -0.05) is 170 Å². The quantitative estimate of drug-likeness (QED) is 0.172. The van der Waals surface area contributed by atoms with Gasteiger partial charge in [0.05, 0.1) is 22.1 Å². The number of aromatic nitrogens is 5. The zero-order valence-corrected chi connectivity index (χ0v) is 30.3. The average molecular weight is 716 g/mol. The van der Waals surface area contributed by atoms with Crippen LogP contribution >= 0.6 is 0 Å². The van der Waals surface area contributed by atoms with E-state index in [1.807, 2.05) is 24.3 Å². The van der Waals surface area contributed by atoms with Gasteiger partial charge in [-0.05, 0) is 52.6 Å². The largest absolute Gasteiger partial charge is 0.309 e. The van der Waals surface area contributed by atoms with E-state index < -0.39 is 0 Å². The van der Waals surface area contributed by atoms with Crippen LogP contribution in [0.1, 0.15) is 0 Å². The maximum Gasteiger partial charge on any atom is 0.238 e. The first kappa shape index (κ1) is 31.9. The Labute approximate surface area is 323 Å². The van der Waals surface area contributed by atoms with Crippen molar-refractivity contribution in [2.75, 3.05) is 0 Å². The normalized spacial score (nSPS) is 11.6. The second-order valence-electron chi connectivity index (χ2n) is 14.1. The maximum absolute atomic E-state index is 5.25. The van der Waals surface area contributed by atoms with E-state index in [0.29, 0.717) is 17.6 Å². The van der Waals surface area contributed by atoms with Crippen molar-refractivity contribution in [1.82, 2.24) is 24.1 Å². The molecule has 3 aromatic heterocycles. The summed E-state index contributed by atoms with van der Waals surface area (Å²) in [6.07, 6.45) is 0. The van der Waals surface area contributed by atoms with Crippen LogP contribution in [0.2, 0.25) is 0 Å². The highest BCUT2D eigenvalue weighted by atomic mass is 15.2. The Morgan fingerprint density at radius 3 is 1.34 bits per heavy atom. The highest BCUT2D eigenvalue weighted by Crippen LogP contribution is 2.42. The molecule has 0 fully saturated rings. The number of benzene rings is 8. The van der Waals surface area contributed by atoms with Gasteiger partial charge in [-0.25, -0.2) is 4.98 Å². The van der Waals surface area contributed by atoms with Crippen LogP contribution in [0.25, 0.3) is 100 Å². The van der Waals surface area contributed by atoms with E-state index in [-0.39, 0.29) is 0 Å². The van der Waals surface area contributed by atoms with Crippen molar-refractivity contribution in [3.05, 3.63) is 200 Å². The van der Waals surface area contributed by atoms with E-state index in [0.717, 1.165) is 55.2 Å². The molecule has 0 bridgehead atoms. The summed E-state index contributed by atoms with van der Waals surface area (Å²) >= 11 is 0. The number of fused-ring (bicyclic) bond motifs is 7. The molecule has 11 rings (SSSR count). The van der Waals surface area contributed by atoms with Gasteiger partial charge in [0.1, 0.15) is 0 Å². The van der Waals surface area contributed by atoms with Gasteiger partial charge in [-0.15, -0.1) is 0 Å². The zero-order valence-electron chi connectivity index (χ0n) is 30.3. The summed E-state index contributed by atoms with van der Waals surface area (Å²) in [5, 5.41) is 4.69. The molecular weight excluding hydrogens is 683 g/mol. The van der Waals surface area contributed by atoms with Crippen molar-refractivity contribution >= 4 is 43.6 Å². The fourth-order valence-corrected chi connectivity index (χ4v) is 8.18. The fourth-order valence-electron chi connectivity index (χ4n) is 8.18.